The lowest BCUT2D eigenvalue weighted by Gasteiger charge is -2.44. The van der Waals surface area contributed by atoms with E-state index in [1.165, 1.54) is 0 Å². The van der Waals surface area contributed by atoms with E-state index in [2.05, 4.69) is 0 Å². The van der Waals surface area contributed by atoms with Crippen LogP contribution in [0.4, 0.5) is 0 Å². The van der Waals surface area contributed by atoms with Crippen LogP contribution in [0.2, 0.25) is 0 Å². The Morgan fingerprint density at radius 2 is 1.10 bits per heavy atom. The van der Waals surface area contributed by atoms with Crippen LogP contribution in [0.1, 0.15) is 25.0 Å². The van der Waals surface area contributed by atoms with E-state index in [9.17, 15) is 9.59 Å². The van der Waals surface area contributed by atoms with Crippen molar-refractivity contribution in [2.24, 2.45) is 0 Å². The van der Waals surface area contributed by atoms with Gasteiger partial charge in [-0.05, 0) is 25.0 Å². The number of carbonyl (C=O) groups excluding carboxylic acids is 2. The van der Waals surface area contributed by atoms with Gasteiger partial charge < -0.3 is 9.47 Å². The summed E-state index contributed by atoms with van der Waals surface area (Å²) in [6.07, 6.45) is 0. The number of piperazine rings is 1. The molecule has 2 aromatic rings. The third-order valence-electron chi connectivity index (χ3n) is 5.27. The third kappa shape index (κ3) is 5.68. The molecule has 160 valence electrons. The normalized spacial score (nSPS) is 19.9. The van der Waals surface area contributed by atoms with Crippen LogP contribution in [0.15, 0.2) is 60.7 Å². The monoisotopic (exact) mass is 410 g/mol. The molecule has 0 radical (unpaired) electrons. The zero-order chi connectivity index (χ0) is 21.3. The van der Waals surface area contributed by atoms with Crippen molar-refractivity contribution in [2.45, 2.75) is 39.0 Å². The number of benzene rings is 2. The summed E-state index contributed by atoms with van der Waals surface area (Å²) in [4.78, 5) is 29.7. The van der Waals surface area contributed by atoms with E-state index in [-0.39, 0.29) is 11.9 Å². The molecule has 0 N–H and O–H groups in total. The maximum Gasteiger partial charge on any atom is 0.324 e. The maximum absolute atomic E-state index is 12.8. The summed E-state index contributed by atoms with van der Waals surface area (Å²) >= 11 is 0. The minimum atomic E-state index is -0.445. The number of esters is 2. The molecule has 6 nitrogen and oxygen atoms in total. The first-order chi connectivity index (χ1) is 14.6. The average Bonchev–Trinajstić information content (AvgIpc) is 2.76. The van der Waals surface area contributed by atoms with Crippen LogP contribution >= 0.6 is 0 Å². The highest BCUT2D eigenvalue weighted by Gasteiger charge is 2.41. The third-order valence-corrected chi connectivity index (χ3v) is 5.27. The van der Waals surface area contributed by atoms with Crippen LogP contribution in [0.5, 0.6) is 0 Å². The van der Waals surface area contributed by atoms with Crippen molar-refractivity contribution in [1.82, 2.24) is 9.80 Å². The largest absolute Gasteiger partial charge is 0.465 e. The average molecular weight is 411 g/mol. The maximum atomic E-state index is 12.8. The molecular formula is C24H30N2O4. The Morgan fingerprint density at radius 3 is 1.43 bits per heavy atom. The fraction of sp³-hybridized carbons (Fsp3) is 0.417. The second-order valence-electron chi connectivity index (χ2n) is 7.37. The molecule has 0 spiro atoms. The minimum Gasteiger partial charge on any atom is -0.465 e. The van der Waals surface area contributed by atoms with Crippen molar-refractivity contribution in [3.05, 3.63) is 71.8 Å². The van der Waals surface area contributed by atoms with Gasteiger partial charge in [-0.2, -0.15) is 0 Å². The predicted molar refractivity (Wildman–Crippen MR) is 115 cm³/mol. The van der Waals surface area contributed by atoms with E-state index in [4.69, 9.17) is 9.47 Å². The summed E-state index contributed by atoms with van der Waals surface area (Å²) in [5, 5.41) is 0. The molecule has 0 amide bonds. The summed E-state index contributed by atoms with van der Waals surface area (Å²) < 4.78 is 10.7. The lowest BCUT2D eigenvalue weighted by atomic mass is 10.0. The second kappa shape index (κ2) is 10.9. The van der Waals surface area contributed by atoms with Gasteiger partial charge in [0.2, 0.25) is 0 Å². The number of carbonyl (C=O) groups is 2. The lowest BCUT2D eigenvalue weighted by molar-refractivity contribution is -0.163. The molecule has 2 atom stereocenters. The van der Waals surface area contributed by atoms with E-state index in [0.29, 0.717) is 39.4 Å². The molecule has 0 aliphatic carbocycles. The molecule has 30 heavy (non-hydrogen) atoms. The summed E-state index contributed by atoms with van der Waals surface area (Å²) in [5.41, 5.74) is 2.18. The highest BCUT2D eigenvalue weighted by Crippen LogP contribution is 2.22. The van der Waals surface area contributed by atoms with Gasteiger partial charge in [-0.15, -0.1) is 0 Å². The van der Waals surface area contributed by atoms with E-state index < -0.39 is 12.1 Å². The Bertz CT molecular complexity index is 743. The van der Waals surface area contributed by atoms with Crippen molar-refractivity contribution < 1.29 is 19.1 Å². The Hall–Kier alpha value is -2.70. The number of hydrogen-bond acceptors (Lipinski definition) is 6. The predicted octanol–water partition coefficient (Wildman–Crippen LogP) is 2.87. The van der Waals surface area contributed by atoms with Gasteiger partial charge in [-0.3, -0.25) is 19.4 Å². The standard InChI is InChI=1S/C24H30N2O4/c1-3-29-23(27)21-17-26(16-20-13-9-6-10-14-20)22(24(28)30-4-2)18-25(21)15-19-11-7-5-8-12-19/h5-14,21-22H,3-4,15-18H2,1-2H3. The molecule has 3 rings (SSSR count). The molecule has 6 heteroatoms. The van der Waals surface area contributed by atoms with Crippen LogP contribution in [0.25, 0.3) is 0 Å². The van der Waals surface area contributed by atoms with Gasteiger partial charge in [0.25, 0.3) is 0 Å². The number of rotatable bonds is 8. The molecule has 0 aromatic heterocycles. The first-order valence-electron chi connectivity index (χ1n) is 10.5. The molecule has 0 saturated carbocycles. The van der Waals surface area contributed by atoms with Crippen LogP contribution in [0.3, 0.4) is 0 Å². The molecule has 1 saturated heterocycles. The van der Waals surface area contributed by atoms with Crippen LogP contribution in [-0.4, -0.2) is 60.1 Å². The number of nitrogens with zero attached hydrogens (tertiary/aromatic N) is 2. The molecule has 1 fully saturated rings. The molecule has 1 aliphatic rings. The van der Waals surface area contributed by atoms with E-state index in [1.807, 2.05) is 84.3 Å². The van der Waals surface area contributed by atoms with Crippen LogP contribution in [-0.2, 0) is 32.2 Å². The van der Waals surface area contributed by atoms with Crippen molar-refractivity contribution in [2.75, 3.05) is 26.3 Å². The van der Waals surface area contributed by atoms with Crippen molar-refractivity contribution in [3.8, 4) is 0 Å². The summed E-state index contributed by atoms with van der Waals surface area (Å²) in [6, 6.07) is 19.0. The van der Waals surface area contributed by atoms with Gasteiger partial charge in [0.05, 0.1) is 13.2 Å². The summed E-state index contributed by atoms with van der Waals surface area (Å²) in [6.45, 7) is 6.23. The highest BCUT2D eigenvalue weighted by molar-refractivity contribution is 5.79. The zero-order valence-electron chi connectivity index (χ0n) is 17.7. The fourth-order valence-electron chi connectivity index (χ4n) is 3.84. The molecule has 2 aromatic carbocycles. The van der Waals surface area contributed by atoms with E-state index in [1.54, 1.807) is 0 Å². The van der Waals surface area contributed by atoms with E-state index >= 15 is 0 Å². The first kappa shape index (κ1) is 22.0. The smallest absolute Gasteiger partial charge is 0.324 e. The Morgan fingerprint density at radius 1 is 0.733 bits per heavy atom. The van der Waals surface area contributed by atoms with Crippen molar-refractivity contribution in [1.29, 1.82) is 0 Å². The zero-order valence-corrected chi connectivity index (χ0v) is 17.7. The van der Waals surface area contributed by atoms with Crippen molar-refractivity contribution in [3.63, 3.8) is 0 Å². The summed E-state index contributed by atoms with van der Waals surface area (Å²) in [7, 11) is 0. The molecule has 2 unspecified atom stereocenters. The molecule has 1 heterocycles. The van der Waals surface area contributed by atoms with Gasteiger partial charge >= 0.3 is 11.9 Å². The van der Waals surface area contributed by atoms with Gasteiger partial charge in [0, 0.05) is 26.2 Å². The SMILES string of the molecule is CCOC(=O)C1CN(Cc2ccccc2)C(C(=O)OCC)CN1Cc1ccccc1. The number of hydrogen-bond donors (Lipinski definition) is 0. The van der Waals surface area contributed by atoms with E-state index in [0.717, 1.165) is 11.1 Å². The van der Waals surface area contributed by atoms with Crippen LogP contribution < -0.4 is 0 Å². The molecule has 0 bridgehead atoms. The highest BCUT2D eigenvalue weighted by atomic mass is 16.5. The second-order valence-corrected chi connectivity index (χ2v) is 7.37. The van der Waals surface area contributed by atoms with Gasteiger partial charge in [-0.1, -0.05) is 60.7 Å². The molecule has 1 aliphatic heterocycles. The molecular weight excluding hydrogens is 380 g/mol. The van der Waals surface area contributed by atoms with Crippen molar-refractivity contribution >= 4 is 11.9 Å². The van der Waals surface area contributed by atoms with Crippen LogP contribution in [0, 0.1) is 0 Å². The van der Waals surface area contributed by atoms with Gasteiger partial charge in [0.15, 0.2) is 0 Å². The van der Waals surface area contributed by atoms with Gasteiger partial charge in [0.1, 0.15) is 12.1 Å². The number of ether oxygens (including phenoxy) is 2. The van der Waals surface area contributed by atoms with Gasteiger partial charge in [-0.25, -0.2) is 0 Å². The quantitative estimate of drug-likeness (QED) is 0.624. The Balaban J connectivity index is 1.86. The topological polar surface area (TPSA) is 59.1 Å². The summed E-state index contributed by atoms with van der Waals surface area (Å²) in [5.74, 6) is -0.511. The first-order valence-corrected chi connectivity index (χ1v) is 10.5. The minimum absolute atomic E-state index is 0.256. The lowest BCUT2D eigenvalue weighted by Crippen LogP contribution is -2.62. The Kier molecular flexibility index (Phi) is 7.99. The fourth-order valence-corrected chi connectivity index (χ4v) is 3.84. The Labute approximate surface area is 178 Å².